The van der Waals surface area contributed by atoms with Crippen LogP contribution in [-0.2, 0) is 13.1 Å². The summed E-state index contributed by atoms with van der Waals surface area (Å²) in [7, 11) is 0. The average Bonchev–Trinajstić information content (AvgIpc) is 2.77. The molecular formula is C12H15FN4. The van der Waals surface area contributed by atoms with Crippen LogP contribution in [0.1, 0.15) is 18.3 Å². The smallest absolute Gasteiger partial charge is 0.146 e. The largest absolute Gasteiger partial charge is 0.377 e. The maximum Gasteiger partial charge on any atom is 0.146 e. The Morgan fingerprint density at radius 3 is 3.00 bits per heavy atom. The SMILES string of the molecule is CCn1ncnc1CNc1cc(F)ccc1C. The molecule has 0 radical (unpaired) electrons. The van der Waals surface area contributed by atoms with Crippen LogP contribution >= 0.6 is 0 Å². The third-order valence-corrected chi connectivity index (χ3v) is 2.63. The monoisotopic (exact) mass is 234 g/mol. The zero-order valence-electron chi connectivity index (χ0n) is 9.94. The molecule has 5 heteroatoms. The van der Waals surface area contributed by atoms with Crippen LogP contribution in [0.2, 0.25) is 0 Å². The fourth-order valence-corrected chi connectivity index (χ4v) is 1.65. The van der Waals surface area contributed by atoms with Gasteiger partial charge < -0.3 is 5.32 Å². The lowest BCUT2D eigenvalue weighted by molar-refractivity contribution is 0.620. The number of hydrogen-bond donors (Lipinski definition) is 1. The molecule has 0 aliphatic rings. The van der Waals surface area contributed by atoms with Crippen LogP contribution in [0.3, 0.4) is 0 Å². The van der Waals surface area contributed by atoms with Crippen LogP contribution in [0.4, 0.5) is 10.1 Å². The van der Waals surface area contributed by atoms with Crippen LogP contribution in [0.15, 0.2) is 24.5 Å². The number of rotatable bonds is 4. The number of nitrogens with one attached hydrogen (secondary N) is 1. The molecule has 0 unspecified atom stereocenters. The highest BCUT2D eigenvalue weighted by Crippen LogP contribution is 2.16. The van der Waals surface area contributed by atoms with Crippen molar-refractivity contribution in [3.63, 3.8) is 0 Å². The molecule has 4 nitrogen and oxygen atoms in total. The number of hydrogen-bond acceptors (Lipinski definition) is 3. The van der Waals surface area contributed by atoms with Crippen LogP contribution in [0.5, 0.6) is 0 Å². The Hall–Kier alpha value is -1.91. The lowest BCUT2D eigenvalue weighted by atomic mass is 10.2. The van der Waals surface area contributed by atoms with Crippen LogP contribution < -0.4 is 5.32 Å². The van der Waals surface area contributed by atoms with E-state index >= 15 is 0 Å². The minimum absolute atomic E-state index is 0.241. The van der Waals surface area contributed by atoms with E-state index in [1.807, 2.05) is 18.5 Å². The molecule has 2 aromatic rings. The van der Waals surface area contributed by atoms with Crippen molar-refractivity contribution in [1.29, 1.82) is 0 Å². The van der Waals surface area contributed by atoms with E-state index in [-0.39, 0.29) is 5.82 Å². The van der Waals surface area contributed by atoms with E-state index in [0.29, 0.717) is 6.54 Å². The van der Waals surface area contributed by atoms with Gasteiger partial charge in [-0.15, -0.1) is 0 Å². The van der Waals surface area contributed by atoms with Crippen molar-refractivity contribution < 1.29 is 4.39 Å². The maximum atomic E-state index is 13.1. The minimum atomic E-state index is -0.241. The first-order valence-electron chi connectivity index (χ1n) is 5.57. The van der Waals surface area contributed by atoms with Gasteiger partial charge in [-0.05, 0) is 31.5 Å². The topological polar surface area (TPSA) is 42.7 Å². The summed E-state index contributed by atoms with van der Waals surface area (Å²) >= 11 is 0. The molecule has 0 amide bonds. The highest BCUT2D eigenvalue weighted by molar-refractivity contribution is 5.50. The Morgan fingerprint density at radius 1 is 1.41 bits per heavy atom. The van der Waals surface area contributed by atoms with Crippen LogP contribution in [0.25, 0.3) is 0 Å². The van der Waals surface area contributed by atoms with Gasteiger partial charge in [0.25, 0.3) is 0 Å². The molecule has 0 spiro atoms. The summed E-state index contributed by atoms with van der Waals surface area (Å²) in [5.41, 5.74) is 1.80. The van der Waals surface area contributed by atoms with Crippen LogP contribution in [0, 0.1) is 12.7 Å². The molecule has 1 aromatic carbocycles. The summed E-state index contributed by atoms with van der Waals surface area (Å²) in [4.78, 5) is 4.15. The van der Waals surface area contributed by atoms with Gasteiger partial charge in [0.2, 0.25) is 0 Å². The molecule has 2 rings (SSSR count). The summed E-state index contributed by atoms with van der Waals surface area (Å²) < 4.78 is 14.9. The second-order valence-electron chi connectivity index (χ2n) is 3.80. The molecule has 1 heterocycles. The Bertz CT molecular complexity index is 507. The molecule has 17 heavy (non-hydrogen) atoms. The predicted molar refractivity (Wildman–Crippen MR) is 64.2 cm³/mol. The van der Waals surface area contributed by atoms with Crippen molar-refractivity contribution in [1.82, 2.24) is 14.8 Å². The van der Waals surface area contributed by atoms with Crippen molar-refractivity contribution in [2.24, 2.45) is 0 Å². The van der Waals surface area contributed by atoms with Gasteiger partial charge in [-0.2, -0.15) is 5.10 Å². The summed E-state index contributed by atoms with van der Waals surface area (Å²) in [5, 5.41) is 7.25. The van der Waals surface area contributed by atoms with Gasteiger partial charge in [-0.1, -0.05) is 6.07 Å². The van der Waals surface area contributed by atoms with Crippen molar-refractivity contribution >= 4 is 5.69 Å². The molecule has 0 saturated carbocycles. The van der Waals surface area contributed by atoms with Crippen molar-refractivity contribution in [2.45, 2.75) is 26.9 Å². The van der Waals surface area contributed by atoms with Crippen LogP contribution in [-0.4, -0.2) is 14.8 Å². The Labute approximate surface area is 99.5 Å². The third-order valence-electron chi connectivity index (χ3n) is 2.63. The molecule has 0 aliphatic carbocycles. The lowest BCUT2D eigenvalue weighted by Crippen LogP contribution is -2.09. The number of halogens is 1. The zero-order chi connectivity index (χ0) is 12.3. The second kappa shape index (κ2) is 4.95. The van der Waals surface area contributed by atoms with Crippen molar-refractivity contribution in [3.8, 4) is 0 Å². The number of nitrogens with zero attached hydrogens (tertiary/aromatic N) is 3. The first-order chi connectivity index (χ1) is 8.20. The maximum absolute atomic E-state index is 13.1. The lowest BCUT2D eigenvalue weighted by Gasteiger charge is -2.09. The van der Waals surface area contributed by atoms with E-state index < -0.39 is 0 Å². The summed E-state index contributed by atoms with van der Waals surface area (Å²) in [6.07, 6.45) is 1.53. The van der Waals surface area contributed by atoms with Gasteiger partial charge in [-0.25, -0.2) is 14.1 Å². The van der Waals surface area contributed by atoms with Gasteiger partial charge >= 0.3 is 0 Å². The van der Waals surface area contributed by atoms with E-state index in [1.165, 1.54) is 18.5 Å². The Balaban J connectivity index is 2.09. The fourth-order valence-electron chi connectivity index (χ4n) is 1.65. The van der Waals surface area contributed by atoms with Gasteiger partial charge in [0.05, 0.1) is 6.54 Å². The first-order valence-corrected chi connectivity index (χ1v) is 5.57. The third kappa shape index (κ3) is 2.61. The molecule has 0 bridgehead atoms. The standard InChI is InChI=1S/C12H15FN4/c1-3-17-12(15-8-16-17)7-14-11-6-10(13)5-4-9(11)2/h4-6,8,14H,3,7H2,1-2H3. The van der Waals surface area contributed by atoms with E-state index in [4.69, 9.17) is 0 Å². The van der Waals surface area contributed by atoms with E-state index in [9.17, 15) is 4.39 Å². The number of aromatic nitrogens is 3. The van der Waals surface area contributed by atoms with E-state index in [1.54, 1.807) is 6.07 Å². The second-order valence-corrected chi connectivity index (χ2v) is 3.80. The molecule has 0 saturated heterocycles. The zero-order valence-corrected chi connectivity index (χ0v) is 9.94. The molecule has 0 aliphatic heterocycles. The van der Waals surface area contributed by atoms with Gasteiger partial charge in [0.1, 0.15) is 18.0 Å². The van der Waals surface area contributed by atoms with E-state index in [0.717, 1.165) is 23.6 Å². The minimum Gasteiger partial charge on any atom is -0.377 e. The quantitative estimate of drug-likeness (QED) is 0.883. The molecule has 0 atom stereocenters. The average molecular weight is 234 g/mol. The van der Waals surface area contributed by atoms with Gasteiger partial charge in [0.15, 0.2) is 0 Å². The van der Waals surface area contributed by atoms with E-state index in [2.05, 4.69) is 15.4 Å². The number of aryl methyl sites for hydroxylation is 2. The molecule has 0 fully saturated rings. The van der Waals surface area contributed by atoms with Gasteiger partial charge in [0, 0.05) is 12.2 Å². The van der Waals surface area contributed by atoms with Crippen molar-refractivity contribution in [2.75, 3.05) is 5.32 Å². The fraction of sp³-hybridized carbons (Fsp3) is 0.333. The molecule has 90 valence electrons. The predicted octanol–water partition coefficient (Wildman–Crippen LogP) is 2.36. The molecule has 1 aromatic heterocycles. The first kappa shape index (κ1) is 11.6. The normalized spacial score (nSPS) is 10.5. The van der Waals surface area contributed by atoms with Crippen molar-refractivity contribution in [3.05, 3.63) is 41.7 Å². The highest BCUT2D eigenvalue weighted by Gasteiger charge is 2.04. The Kier molecular flexibility index (Phi) is 3.37. The summed E-state index contributed by atoms with van der Waals surface area (Å²) in [6.45, 7) is 5.26. The summed E-state index contributed by atoms with van der Waals surface area (Å²) in [5.74, 6) is 0.603. The Morgan fingerprint density at radius 2 is 2.24 bits per heavy atom. The molecular weight excluding hydrogens is 219 g/mol. The number of benzene rings is 1. The highest BCUT2D eigenvalue weighted by atomic mass is 19.1. The molecule has 1 N–H and O–H groups in total. The number of anilines is 1. The summed E-state index contributed by atoms with van der Waals surface area (Å²) in [6, 6.07) is 4.69. The van der Waals surface area contributed by atoms with Gasteiger partial charge in [-0.3, -0.25) is 0 Å².